The maximum atomic E-state index is 13.2. The Labute approximate surface area is 188 Å². The first-order valence-corrected chi connectivity index (χ1v) is 10.9. The van der Waals surface area contributed by atoms with Crippen molar-refractivity contribution in [1.29, 1.82) is 0 Å². The third kappa shape index (κ3) is 5.02. The number of hydrogen-bond acceptors (Lipinski definition) is 4. The van der Waals surface area contributed by atoms with Crippen molar-refractivity contribution in [2.75, 3.05) is 26.8 Å². The van der Waals surface area contributed by atoms with E-state index in [2.05, 4.69) is 18.7 Å². The fourth-order valence-corrected chi connectivity index (χ4v) is 4.24. The molecule has 0 N–H and O–H groups in total. The second kappa shape index (κ2) is 9.57. The van der Waals surface area contributed by atoms with Gasteiger partial charge in [0.1, 0.15) is 17.3 Å². The second-order valence-corrected chi connectivity index (χ2v) is 8.46. The molecule has 0 spiro atoms. The van der Waals surface area contributed by atoms with Crippen molar-refractivity contribution in [2.24, 2.45) is 0 Å². The molecule has 1 heterocycles. The molecule has 1 aliphatic heterocycles. The Hall–Kier alpha value is -3.12. The number of rotatable bonds is 6. The number of hydrogen-bond donors (Lipinski definition) is 0. The van der Waals surface area contributed by atoms with Gasteiger partial charge in [-0.3, -0.25) is 9.69 Å². The average Bonchev–Trinajstić information content (AvgIpc) is 2.80. The van der Waals surface area contributed by atoms with Crippen LogP contribution in [0.5, 0.6) is 11.5 Å². The van der Waals surface area contributed by atoms with Crippen LogP contribution in [0.3, 0.4) is 0 Å². The molecular weight excluding hydrogens is 407 g/mol. The second-order valence-electron chi connectivity index (χ2n) is 8.46. The molecule has 0 aromatic heterocycles. The standard InChI is InChI=1S/C26H29FN2O3/c1-18-15-29(19(2)14-28(18)16-20-4-8-23(27)9-5-20)26(30)17-32-25-11-7-21-6-10-24(31-3)12-22(21)13-25/h4-13,18-19H,14-17H2,1-3H3/t18-,19+/m0/s1. The van der Waals surface area contributed by atoms with Gasteiger partial charge in [-0.2, -0.15) is 0 Å². The van der Waals surface area contributed by atoms with Gasteiger partial charge in [0, 0.05) is 31.7 Å². The van der Waals surface area contributed by atoms with Crippen molar-refractivity contribution in [2.45, 2.75) is 32.5 Å². The number of fused-ring (bicyclic) bond motifs is 1. The van der Waals surface area contributed by atoms with E-state index in [1.165, 1.54) is 12.1 Å². The maximum Gasteiger partial charge on any atom is 0.260 e. The lowest BCUT2D eigenvalue weighted by atomic mass is 10.1. The Bertz CT molecular complexity index is 1090. The van der Waals surface area contributed by atoms with Gasteiger partial charge in [0.05, 0.1) is 7.11 Å². The molecule has 0 radical (unpaired) electrons. The highest BCUT2D eigenvalue weighted by Gasteiger charge is 2.32. The first kappa shape index (κ1) is 22.1. The molecule has 0 bridgehead atoms. The molecule has 0 unspecified atom stereocenters. The highest BCUT2D eigenvalue weighted by Crippen LogP contribution is 2.25. The molecule has 4 rings (SSSR count). The highest BCUT2D eigenvalue weighted by molar-refractivity contribution is 5.85. The van der Waals surface area contributed by atoms with Gasteiger partial charge in [0.2, 0.25) is 0 Å². The van der Waals surface area contributed by atoms with Crippen molar-refractivity contribution < 1.29 is 18.7 Å². The van der Waals surface area contributed by atoms with Crippen LogP contribution in [0.25, 0.3) is 10.8 Å². The Kier molecular flexibility index (Phi) is 6.61. The lowest BCUT2D eigenvalue weighted by Gasteiger charge is -2.44. The molecule has 5 nitrogen and oxygen atoms in total. The molecule has 1 saturated heterocycles. The van der Waals surface area contributed by atoms with Crippen molar-refractivity contribution >= 4 is 16.7 Å². The third-order valence-corrected chi connectivity index (χ3v) is 6.12. The molecule has 1 amide bonds. The summed E-state index contributed by atoms with van der Waals surface area (Å²) >= 11 is 0. The van der Waals surface area contributed by atoms with E-state index in [-0.39, 0.29) is 30.4 Å². The summed E-state index contributed by atoms with van der Waals surface area (Å²) < 4.78 is 24.3. The molecule has 0 saturated carbocycles. The van der Waals surface area contributed by atoms with E-state index in [4.69, 9.17) is 9.47 Å². The van der Waals surface area contributed by atoms with E-state index in [1.807, 2.05) is 53.4 Å². The molecule has 2 atom stereocenters. The molecule has 1 fully saturated rings. The highest BCUT2D eigenvalue weighted by atomic mass is 19.1. The van der Waals surface area contributed by atoms with Gasteiger partial charge < -0.3 is 14.4 Å². The fraction of sp³-hybridized carbons (Fsp3) is 0.346. The number of ether oxygens (including phenoxy) is 2. The average molecular weight is 437 g/mol. The fourth-order valence-electron chi connectivity index (χ4n) is 4.24. The summed E-state index contributed by atoms with van der Waals surface area (Å²) in [5.41, 5.74) is 1.07. The summed E-state index contributed by atoms with van der Waals surface area (Å²) in [5, 5.41) is 2.09. The summed E-state index contributed by atoms with van der Waals surface area (Å²) in [6.07, 6.45) is 0. The topological polar surface area (TPSA) is 42.0 Å². The van der Waals surface area contributed by atoms with Gasteiger partial charge in [-0.15, -0.1) is 0 Å². The van der Waals surface area contributed by atoms with Crippen molar-refractivity contribution in [3.8, 4) is 11.5 Å². The lowest BCUT2D eigenvalue weighted by Crippen LogP contribution is -2.58. The Balaban J connectivity index is 1.35. The van der Waals surface area contributed by atoms with E-state index in [0.717, 1.165) is 35.2 Å². The maximum absolute atomic E-state index is 13.2. The Morgan fingerprint density at radius 3 is 2.34 bits per heavy atom. The molecule has 168 valence electrons. The van der Waals surface area contributed by atoms with Crippen LogP contribution in [0.2, 0.25) is 0 Å². The number of amides is 1. The van der Waals surface area contributed by atoms with Gasteiger partial charge in [0.15, 0.2) is 6.61 Å². The predicted octanol–water partition coefficient (Wildman–Crippen LogP) is 4.49. The smallest absolute Gasteiger partial charge is 0.260 e. The summed E-state index contributed by atoms with van der Waals surface area (Å²) in [7, 11) is 1.64. The van der Waals surface area contributed by atoms with Gasteiger partial charge in [-0.1, -0.05) is 24.3 Å². The minimum Gasteiger partial charge on any atom is -0.497 e. The molecule has 6 heteroatoms. The van der Waals surface area contributed by atoms with Crippen LogP contribution < -0.4 is 9.47 Å². The number of piperazine rings is 1. The van der Waals surface area contributed by atoms with E-state index in [1.54, 1.807) is 7.11 Å². The van der Waals surface area contributed by atoms with Gasteiger partial charge >= 0.3 is 0 Å². The van der Waals surface area contributed by atoms with Crippen LogP contribution in [0.4, 0.5) is 4.39 Å². The molecule has 3 aromatic carbocycles. The van der Waals surface area contributed by atoms with Gasteiger partial charge in [-0.05, 0) is 66.6 Å². The van der Waals surface area contributed by atoms with Crippen LogP contribution in [0.15, 0.2) is 60.7 Å². The van der Waals surface area contributed by atoms with E-state index in [0.29, 0.717) is 12.3 Å². The summed E-state index contributed by atoms with van der Waals surface area (Å²) in [6, 6.07) is 18.6. The number of methoxy groups -OCH3 is 1. The quantitative estimate of drug-likeness (QED) is 0.571. The zero-order chi connectivity index (χ0) is 22.7. The number of carbonyl (C=O) groups is 1. The zero-order valence-electron chi connectivity index (χ0n) is 18.8. The summed E-state index contributed by atoms with van der Waals surface area (Å²) in [5.74, 6) is 1.20. The molecular formula is C26H29FN2O3. The van der Waals surface area contributed by atoms with Crippen LogP contribution in [-0.4, -0.2) is 54.6 Å². The zero-order valence-corrected chi connectivity index (χ0v) is 18.8. The number of halogens is 1. The van der Waals surface area contributed by atoms with Gasteiger partial charge in [-0.25, -0.2) is 4.39 Å². The largest absolute Gasteiger partial charge is 0.497 e. The number of nitrogens with zero attached hydrogens (tertiary/aromatic N) is 2. The van der Waals surface area contributed by atoms with E-state index < -0.39 is 0 Å². The minimum absolute atomic E-state index is 0.00446. The van der Waals surface area contributed by atoms with Crippen LogP contribution in [-0.2, 0) is 11.3 Å². The monoisotopic (exact) mass is 436 g/mol. The van der Waals surface area contributed by atoms with Gasteiger partial charge in [0.25, 0.3) is 5.91 Å². The van der Waals surface area contributed by atoms with E-state index in [9.17, 15) is 9.18 Å². The lowest BCUT2D eigenvalue weighted by molar-refractivity contribution is -0.139. The van der Waals surface area contributed by atoms with Crippen molar-refractivity contribution in [3.63, 3.8) is 0 Å². The SMILES string of the molecule is COc1ccc2ccc(OCC(=O)N3C[C@H](C)N(Cc4ccc(F)cc4)C[C@H]3C)cc2c1. The minimum atomic E-state index is -0.226. The predicted molar refractivity (Wildman–Crippen MR) is 123 cm³/mol. The molecule has 0 aliphatic carbocycles. The Morgan fingerprint density at radius 2 is 1.62 bits per heavy atom. The Morgan fingerprint density at radius 1 is 0.938 bits per heavy atom. The number of benzene rings is 3. The van der Waals surface area contributed by atoms with Crippen LogP contribution in [0.1, 0.15) is 19.4 Å². The van der Waals surface area contributed by atoms with E-state index >= 15 is 0 Å². The summed E-state index contributed by atoms with van der Waals surface area (Å²) in [4.78, 5) is 17.1. The first-order valence-electron chi connectivity index (χ1n) is 10.9. The van der Waals surface area contributed by atoms with Crippen molar-refractivity contribution in [3.05, 3.63) is 72.0 Å². The first-order chi connectivity index (χ1) is 15.4. The summed E-state index contributed by atoms with van der Waals surface area (Å²) in [6.45, 7) is 6.33. The molecule has 1 aliphatic rings. The van der Waals surface area contributed by atoms with Crippen LogP contribution >= 0.6 is 0 Å². The number of carbonyl (C=O) groups excluding carboxylic acids is 1. The molecule has 32 heavy (non-hydrogen) atoms. The third-order valence-electron chi connectivity index (χ3n) is 6.12. The normalized spacial score (nSPS) is 19.2. The van der Waals surface area contributed by atoms with Crippen LogP contribution in [0, 0.1) is 5.82 Å². The molecule has 3 aromatic rings. The van der Waals surface area contributed by atoms with Crippen molar-refractivity contribution in [1.82, 2.24) is 9.80 Å².